The molecule has 0 aliphatic carbocycles. The zero-order valence-corrected chi connectivity index (χ0v) is 16.7. The smallest absolute Gasteiger partial charge is 0.228 e. The third-order valence-corrected chi connectivity index (χ3v) is 4.78. The van der Waals surface area contributed by atoms with Gasteiger partial charge in [0.15, 0.2) is 0 Å². The number of aryl methyl sites for hydroxylation is 1. The quantitative estimate of drug-likeness (QED) is 0.836. The van der Waals surface area contributed by atoms with E-state index in [0.29, 0.717) is 0 Å². The van der Waals surface area contributed by atoms with Gasteiger partial charge >= 0.3 is 0 Å². The summed E-state index contributed by atoms with van der Waals surface area (Å²) in [4.78, 5) is 24.2. The van der Waals surface area contributed by atoms with Gasteiger partial charge in [0.2, 0.25) is 5.91 Å². The third kappa shape index (κ3) is 3.50. The van der Waals surface area contributed by atoms with E-state index < -0.39 is 0 Å². The van der Waals surface area contributed by atoms with Crippen molar-refractivity contribution in [2.24, 2.45) is 5.41 Å². The maximum atomic E-state index is 12.9. The summed E-state index contributed by atoms with van der Waals surface area (Å²) < 4.78 is 1.97. The van der Waals surface area contributed by atoms with Gasteiger partial charge in [-0.2, -0.15) is 5.10 Å². The number of amides is 1. The van der Waals surface area contributed by atoms with E-state index in [0.717, 1.165) is 42.3 Å². The van der Waals surface area contributed by atoms with Crippen LogP contribution >= 0.6 is 0 Å². The van der Waals surface area contributed by atoms with Crippen molar-refractivity contribution in [3.63, 3.8) is 0 Å². The van der Waals surface area contributed by atoms with Crippen LogP contribution in [0.25, 0.3) is 11.4 Å². The van der Waals surface area contributed by atoms with Gasteiger partial charge in [-0.1, -0.05) is 20.8 Å². The average molecular weight is 355 g/mol. The fourth-order valence-corrected chi connectivity index (χ4v) is 3.57. The van der Waals surface area contributed by atoms with Gasteiger partial charge in [0.25, 0.3) is 0 Å². The van der Waals surface area contributed by atoms with E-state index >= 15 is 0 Å². The summed E-state index contributed by atoms with van der Waals surface area (Å²) in [7, 11) is 0. The summed E-state index contributed by atoms with van der Waals surface area (Å²) in [6.45, 7) is 12.8. The van der Waals surface area contributed by atoms with Crippen LogP contribution in [0.5, 0.6) is 0 Å². The maximum absolute atomic E-state index is 12.9. The van der Waals surface area contributed by atoms with Crippen molar-refractivity contribution < 1.29 is 4.79 Å². The molecule has 2 aromatic rings. The molecule has 0 spiro atoms. The second-order valence-electron chi connectivity index (χ2n) is 8.39. The number of likely N-dealkylation sites (tertiary alicyclic amines) is 1. The number of nitrogens with zero attached hydrogens (tertiary/aromatic N) is 5. The predicted molar refractivity (Wildman–Crippen MR) is 102 cm³/mol. The van der Waals surface area contributed by atoms with Gasteiger partial charge in [-0.05, 0) is 45.7 Å². The molecule has 3 heterocycles. The zero-order valence-electron chi connectivity index (χ0n) is 16.7. The van der Waals surface area contributed by atoms with Crippen LogP contribution in [-0.4, -0.2) is 37.1 Å². The monoisotopic (exact) mass is 355 g/mol. The first-order valence-electron chi connectivity index (χ1n) is 9.39. The molecule has 1 aliphatic heterocycles. The van der Waals surface area contributed by atoms with Crippen molar-refractivity contribution in [2.75, 3.05) is 6.54 Å². The minimum atomic E-state index is -0.385. The molecule has 1 aliphatic rings. The van der Waals surface area contributed by atoms with Gasteiger partial charge in [0.05, 0.1) is 23.1 Å². The van der Waals surface area contributed by atoms with Gasteiger partial charge < -0.3 is 4.90 Å². The van der Waals surface area contributed by atoms with Crippen LogP contribution < -0.4 is 0 Å². The molecule has 1 fully saturated rings. The Bertz CT molecular complexity index is 803. The highest BCUT2D eigenvalue weighted by Crippen LogP contribution is 2.35. The Balaban J connectivity index is 2.00. The standard InChI is InChI=1S/C20H29N5O/c1-13(2)25-18(9-10-21-25)16-12-15(22-14(3)23-16)17-8-7-11-24(17)19(26)20(4,5)6/h9-10,12-13,17H,7-8,11H2,1-6H3/t17-/m1/s1. The maximum Gasteiger partial charge on any atom is 0.228 e. The summed E-state index contributed by atoms with van der Waals surface area (Å²) in [5, 5.41) is 4.42. The number of aromatic nitrogens is 4. The van der Waals surface area contributed by atoms with Crippen molar-refractivity contribution in [3.8, 4) is 11.4 Å². The van der Waals surface area contributed by atoms with Crippen molar-refractivity contribution in [1.82, 2.24) is 24.6 Å². The molecule has 26 heavy (non-hydrogen) atoms. The Labute approximate surface area is 155 Å². The minimum Gasteiger partial charge on any atom is -0.334 e. The molecule has 1 saturated heterocycles. The lowest BCUT2D eigenvalue weighted by molar-refractivity contribution is -0.140. The highest BCUT2D eigenvalue weighted by Gasteiger charge is 2.36. The number of rotatable bonds is 3. The Kier molecular flexibility index (Phi) is 4.86. The molecule has 2 aromatic heterocycles. The summed E-state index contributed by atoms with van der Waals surface area (Å²) >= 11 is 0. The minimum absolute atomic E-state index is 0.0256. The average Bonchev–Trinajstić information content (AvgIpc) is 3.21. The van der Waals surface area contributed by atoms with Crippen LogP contribution in [0.4, 0.5) is 0 Å². The molecular formula is C20H29N5O. The molecule has 1 atom stereocenters. The Morgan fingerprint density at radius 1 is 1.27 bits per heavy atom. The first-order valence-corrected chi connectivity index (χ1v) is 9.39. The fraction of sp³-hybridized carbons (Fsp3) is 0.600. The molecule has 6 heteroatoms. The van der Waals surface area contributed by atoms with Crippen LogP contribution in [0.3, 0.4) is 0 Å². The lowest BCUT2D eigenvalue weighted by Gasteiger charge is -2.30. The van der Waals surface area contributed by atoms with E-state index in [1.807, 2.05) is 49.4 Å². The van der Waals surface area contributed by atoms with E-state index in [2.05, 4.69) is 28.9 Å². The molecular weight excluding hydrogens is 326 g/mol. The molecule has 0 bridgehead atoms. The van der Waals surface area contributed by atoms with Gasteiger partial charge in [0, 0.05) is 24.2 Å². The first-order chi connectivity index (χ1) is 12.2. The van der Waals surface area contributed by atoms with E-state index in [1.54, 1.807) is 6.20 Å². The molecule has 0 unspecified atom stereocenters. The van der Waals surface area contributed by atoms with Crippen LogP contribution in [-0.2, 0) is 4.79 Å². The van der Waals surface area contributed by atoms with Crippen LogP contribution in [0.1, 0.15) is 71.1 Å². The first kappa shape index (κ1) is 18.5. The SMILES string of the molecule is Cc1nc(-c2ccnn2C(C)C)cc([C@H]2CCCN2C(=O)C(C)(C)C)n1. The van der Waals surface area contributed by atoms with Crippen LogP contribution in [0.15, 0.2) is 18.3 Å². The Hall–Kier alpha value is -2.24. The van der Waals surface area contributed by atoms with Crippen molar-refractivity contribution in [2.45, 2.75) is 66.5 Å². The third-order valence-electron chi connectivity index (χ3n) is 4.78. The predicted octanol–water partition coefficient (Wildman–Crippen LogP) is 3.94. The van der Waals surface area contributed by atoms with Gasteiger partial charge in [-0.3, -0.25) is 9.48 Å². The number of carbonyl (C=O) groups excluding carboxylic acids is 1. The highest BCUT2D eigenvalue weighted by atomic mass is 16.2. The Morgan fingerprint density at radius 2 is 2.00 bits per heavy atom. The Morgan fingerprint density at radius 3 is 2.65 bits per heavy atom. The summed E-state index contributed by atoms with van der Waals surface area (Å²) in [6, 6.07) is 4.29. The number of hydrogen-bond acceptors (Lipinski definition) is 4. The van der Waals surface area contributed by atoms with Gasteiger partial charge in [-0.15, -0.1) is 0 Å². The van der Waals surface area contributed by atoms with Crippen molar-refractivity contribution in [1.29, 1.82) is 0 Å². The topological polar surface area (TPSA) is 63.9 Å². The van der Waals surface area contributed by atoms with Crippen LogP contribution in [0.2, 0.25) is 0 Å². The number of hydrogen-bond donors (Lipinski definition) is 0. The molecule has 6 nitrogen and oxygen atoms in total. The largest absolute Gasteiger partial charge is 0.334 e. The van der Waals surface area contributed by atoms with Crippen molar-refractivity contribution in [3.05, 3.63) is 29.8 Å². The second-order valence-corrected chi connectivity index (χ2v) is 8.39. The molecule has 3 rings (SSSR count). The molecule has 140 valence electrons. The van der Waals surface area contributed by atoms with Gasteiger partial charge in [0.1, 0.15) is 5.82 Å². The molecule has 0 N–H and O–H groups in total. The van der Waals surface area contributed by atoms with Gasteiger partial charge in [-0.25, -0.2) is 9.97 Å². The lowest BCUT2D eigenvalue weighted by Crippen LogP contribution is -2.39. The normalized spacial score (nSPS) is 18.0. The van der Waals surface area contributed by atoms with E-state index in [-0.39, 0.29) is 23.4 Å². The van der Waals surface area contributed by atoms with Crippen LogP contribution in [0, 0.1) is 12.3 Å². The molecule has 1 amide bonds. The lowest BCUT2D eigenvalue weighted by atomic mass is 9.94. The van der Waals surface area contributed by atoms with E-state index in [4.69, 9.17) is 0 Å². The number of carbonyl (C=O) groups is 1. The van der Waals surface area contributed by atoms with E-state index in [9.17, 15) is 4.79 Å². The molecule has 0 saturated carbocycles. The second kappa shape index (κ2) is 6.82. The summed E-state index contributed by atoms with van der Waals surface area (Å²) in [6.07, 6.45) is 3.76. The summed E-state index contributed by atoms with van der Waals surface area (Å²) in [5.41, 5.74) is 2.40. The van der Waals surface area contributed by atoms with E-state index in [1.165, 1.54) is 0 Å². The fourth-order valence-electron chi connectivity index (χ4n) is 3.57. The van der Waals surface area contributed by atoms with Crippen molar-refractivity contribution >= 4 is 5.91 Å². The highest BCUT2D eigenvalue weighted by molar-refractivity contribution is 5.82. The summed E-state index contributed by atoms with van der Waals surface area (Å²) in [5.74, 6) is 0.911. The zero-order chi connectivity index (χ0) is 19.1. The molecule has 0 aromatic carbocycles. The molecule has 0 radical (unpaired) electrons.